The van der Waals surface area contributed by atoms with Crippen LogP contribution in [0.3, 0.4) is 0 Å². The lowest BCUT2D eigenvalue weighted by Crippen LogP contribution is -2.38. The van der Waals surface area contributed by atoms with Crippen molar-refractivity contribution in [1.82, 2.24) is 9.14 Å². The molecule has 0 spiro atoms. The largest absolute Gasteiger partial charge is 0.241 e. The molecular weight excluding hydrogens is 488 g/mol. The number of nitrogens with one attached hydrogen (secondary N) is 1. The Kier molecular flexibility index (Phi) is 9.16. The predicted molar refractivity (Wildman–Crippen MR) is 148 cm³/mol. The first-order valence-corrected chi connectivity index (χ1v) is 14.2. The van der Waals surface area contributed by atoms with Crippen LogP contribution in [0.15, 0.2) is 114 Å². The molecule has 0 bridgehead atoms. The predicted octanol–water partition coefficient (Wildman–Crippen LogP) is 7.27. The highest BCUT2D eigenvalue weighted by Gasteiger charge is 2.33. The quantitative estimate of drug-likeness (QED) is 0.213. The van der Waals surface area contributed by atoms with E-state index in [0.717, 1.165) is 42.4 Å². The van der Waals surface area contributed by atoms with Gasteiger partial charge < -0.3 is 0 Å². The van der Waals surface area contributed by atoms with Gasteiger partial charge in [-0.05, 0) is 67.6 Å². The molecule has 1 aliphatic carbocycles. The summed E-state index contributed by atoms with van der Waals surface area (Å²) in [4.78, 5) is 0.235. The summed E-state index contributed by atoms with van der Waals surface area (Å²) in [6, 6.07) is 25.5. The van der Waals surface area contributed by atoms with E-state index in [2.05, 4.69) is 23.0 Å². The molecule has 4 rings (SSSR count). The van der Waals surface area contributed by atoms with E-state index in [0.29, 0.717) is 6.54 Å². The highest BCUT2D eigenvalue weighted by Crippen LogP contribution is 2.37. The summed E-state index contributed by atoms with van der Waals surface area (Å²) in [6.45, 7) is 2.56. The monoisotopic (exact) mass is 520 g/mol. The van der Waals surface area contributed by atoms with Gasteiger partial charge >= 0.3 is 0 Å². The molecule has 3 aromatic carbocycles. The molecule has 1 N–H and O–H groups in total. The number of allylic oxidation sites excluding steroid dienone is 4. The molecule has 188 valence electrons. The lowest BCUT2D eigenvalue weighted by molar-refractivity contribution is 0.284. The van der Waals surface area contributed by atoms with Crippen LogP contribution < -0.4 is 4.72 Å². The highest BCUT2D eigenvalue weighted by molar-refractivity contribution is 7.89. The van der Waals surface area contributed by atoms with Gasteiger partial charge in [0.1, 0.15) is 0 Å². The van der Waals surface area contributed by atoms with Gasteiger partial charge in [0, 0.05) is 6.54 Å². The van der Waals surface area contributed by atoms with Crippen molar-refractivity contribution >= 4 is 21.8 Å². The Morgan fingerprint density at radius 1 is 0.889 bits per heavy atom. The number of aryl methyl sites for hydroxylation is 1. The lowest BCUT2D eigenvalue weighted by Gasteiger charge is -2.34. The Balaban J connectivity index is 1.65. The van der Waals surface area contributed by atoms with Crippen molar-refractivity contribution in [1.29, 1.82) is 0 Å². The van der Waals surface area contributed by atoms with Crippen molar-refractivity contribution in [2.45, 2.75) is 49.6 Å². The second-order valence-corrected chi connectivity index (χ2v) is 11.3. The van der Waals surface area contributed by atoms with Crippen molar-refractivity contribution in [3.8, 4) is 0 Å². The zero-order valence-corrected chi connectivity index (χ0v) is 22.1. The molecule has 4 nitrogen and oxygen atoms in total. The van der Waals surface area contributed by atoms with Crippen LogP contribution in [-0.4, -0.2) is 19.4 Å². The summed E-state index contributed by atoms with van der Waals surface area (Å²) >= 11 is 7.00. The Labute approximate surface area is 220 Å². The van der Waals surface area contributed by atoms with E-state index < -0.39 is 22.1 Å². The van der Waals surface area contributed by atoms with Gasteiger partial charge in [-0.2, -0.15) is 0 Å². The zero-order valence-electron chi connectivity index (χ0n) is 20.6. The van der Waals surface area contributed by atoms with Crippen molar-refractivity contribution in [3.63, 3.8) is 0 Å². The normalized spacial score (nSPS) is 15.5. The standard InChI is InChI=1S/C30H33ClN2O2S/c1-24-19-21-28(22-20-24)36(34,35)32-29(26-15-7-3-8-16-26)30(27-17-9-4-10-18-27)33(31)23-11-14-25-12-5-2-6-13-25/h2-5,7-10,13,15-22,29-30,32H,6,11-12,14,23H2,1H3/t29-,30-/m1/s1. The molecular formula is C30H33ClN2O2S. The first-order chi connectivity index (χ1) is 17.4. The maximum Gasteiger partial charge on any atom is 0.241 e. The van der Waals surface area contributed by atoms with Gasteiger partial charge in [0.05, 0.1) is 17.0 Å². The smallest absolute Gasteiger partial charge is 0.211 e. The fourth-order valence-electron chi connectivity index (χ4n) is 4.54. The van der Waals surface area contributed by atoms with Crippen LogP contribution in [0.5, 0.6) is 0 Å². The molecule has 0 aliphatic heterocycles. The fraction of sp³-hybridized carbons (Fsp3) is 0.267. The van der Waals surface area contributed by atoms with Gasteiger partial charge in [0.25, 0.3) is 0 Å². The Morgan fingerprint density at radius 2 is 1.53 bits per heavy atom. The van der Waals surface area contributed by atoms with Crippen LogP contribution in [0, 0.1) is 6.92 Å². The van der Waals surface area contributed by atoms with Gasteiger partial charge in [-0.1, -0.05) is 102 Å². The second kappa shape index (κ2) is 12.5. The average molecular weight is 521 g/mol. The van der Waals surface area contributed by atoms with Gasteiger partial charge in [-0.25, -0.2) is 17.6 Å². The molecule has 0 fully saturated rings. The lowest BCUT2D eigenvalue weighted by atomic mass is 9.93. The van der Waals surface area contributed by atoms with Crippen LogP contribution in [0.2, 0.25) is 0 Å². The fourth-order valence-corrected chi connectivity index (χ4v) is 6.12. The maximum atomic E-state index is 13.5. The van der Waals surface area contributed by atoms with Crippen molar-refractivity contribution in [2.24, 2.45) is 0 Å². The Morgan fingerprint density at radius 3 is 2.14 bits per heavy atom. The third kappa shape index (κ3) is 6.95. The molecule has 36 heavy (non-hydrogen) atoms. The zero-order chi connectivity index (χ0) is 25.4. The third-order valence-corrected chi connectivity index (χ3v) is 8.33. The Hall–Kier alpha value is -2.70. The number of benzene rings is 3. The number of sulfonamides is 1. The minimum atomic E-state index is -3.80. The van der Waals surface area contributed by atoms with E-state index in [1.807, 2.05) is 79.7 Å². The van der Waals surface area contributed by atoms with Crippen molar-refractivity contribution < 1.29 is 8.42 Å². The van der Waals surface area contributed by atoms with E-state index in [1.165, 1.54) is 5.57 Å². The number of hydrogen-bond donors (Lipinski definition) is 1. The molecule has 6 heteroatoms. The molecule has 0 heterocycles. The van der Waals surface area contributed by atoms with Gasteiger partial charge in [-0.15, -0.1) is 0 Å². The summed E-state index contributed by atoms with van der Waals surface area (Å²) in [7, 11) is -3.80. The summed E-state index contributed by atoms with van der Waals surface area (Å²) in [5.41, 5.74) is 4.24. The number of halogens is 1. The van der Waals surface area contributed by atoms with Crippen LogP contribution in [0.1, 0.15) is 54.5 Å². The molecule has 0 amide bonds. The SMILES string of the molecule is Cc1ccc(S(=O)(=O)N[C@H](c2ccccc2)[C@@H](c2ccccc2)N(Cl)CCCC2=CCC=CC2)cc1. The van der Waals surface area contributed by atoms with E-state index in [4.69, 9.17) is 11.8 Å². The number of hydrogen-bond acceptors (Lipinski definition) is 3. The molecule has 2 atom stereocenters. The minimum absolute atomic E-state index is 0.235. The number of rotatable bonds is 11. The van der Waals surface area contributed by atoms with Crippen LogP contribution in [-0.2, 0) is 10.0 Å². The van der Waals surface area contributed by atoms with E-state index >= 15 is 0 Å². The van der Waals surface area contributed by atoms with Crippen LogP contribution in [0.25, 0.3) is 0 Å². The van der Waals surface area contributed by atoms with Gasteiger partial charge in [0.2, 0.25) is 10.0 Å². The first kappa shape index (κ1) is 26.4. The molecule has 0 radical (unpaired) electrons. The molecule has 0 saturated heterocycles. The molecule has 0 aromatic heterocycles. The molecule has 0 unspecified atom stereocenters. The minimum Gasteiger partial charge on any atom is -0.211 e. The Bertz CT molecular complexity index is 1270. The highest BCUT2D eigenvalue weighted by atomic mass is 35.5. The van der Waals surface area contributed by atoms with Crippen LogP contribution in [0.4, 0.5) is 0 Å². The van der Waals surface area contributed by atoms with E-state index in [1.54, 1.807) is 16.6 Å². The van der Waals surface area contributed by atoms with E-state index in [-0.39, 0.29) is 4.90 Å². The third-order valence-electron chi connectivity index (χ3n) is 6.49. The average Bonchev–Trinajstić information content (AvgIpc) is 2.90. The molecule has 0 saturated carbocycles. The van der Waals surface area contributed by atoms with E-state index in [9.17, 15) is 8.42 Å². The number of nitrogens with zero attached hydrogens (tertiary/aromatic N) is 1. The topological polar surface area (TPSA) is 49.4 Å². The summed E-state index contributed by atoms with van der Waals surface area (Å²) in [5, 5.41) is 0. The summed E-state index contributed by atoms with van der Waals surface area (Å²) in [5.74, 6) is 0. The van der Waals surface area contributed by atoms with Crippen molar-refractivity contribution in [3.05, 3.63) is 125 Å². The first-order valence-electron chi connectivity index (χ1n) is 12.4. The van der Waals surface area contributed by atoms with Gasteiger partial charge in [-0.3, -0.25) is 0 Å². The molecule has 1 aliphatic rings. The molecule has 3 aromatic rings. The second-order valence-electron chi connectivity index (χ2n) is 9.18. The van der Waals surface area contributed by atoms with Crippen LogP contribution >= 0.6 is 11.8 Å². The van der Waals surface area contributed by atoms with Gasteiger partial charge in [0.15, 0.2) is 0 Å². The van der Waals surface area contributed by atoms with Crippen molar-refractivity contribution in [2.75, 3.05) is 6.54 Å². The maximum absolute atomic E-state index is 13.5. The summed E-state index contributed by atoms with van der Waals surface area (Å²) in [6.07, 6.45) is 10.5. The summed E-state index contributed by atoms with van der Waals surface area (Å²) < 4.78 is 31.8.